The van der Waals surface area contributed by atoms with Crippen LogP contribution < -0.4 is 0 Å². The molecule has 0 saturated carbocycles. The van der Waals surface area contributed by atoms with Crippen LogP contribution in [0.2, 0.25) is 0 Å². The van der Waals surface area contributed by atoms with Gasteiger partial charge in [0.1, 0.15) is 11.8 Å². The van der Waals surface area contributed by atoms with Crippen LogP contribution in [-0.4, -0.2) is 41.7 Å². The number of nitrogens with zero attached hydrogens (tertiary/aromatic N) is 2. The van der Waals surface area contributed by atoms with Crippen LogP contribution in [0.25, 0.3) is 16.6 Å². The molecule has 1 aromatic heterocycles. The first kappa shape index (κ1) is 15.9. The normalized spacial score (nSPS) is 16.2. The molecule has 1 saturated heterocycles. The molecule has 4 heteroatoms. The number of fused-ring (bicyclic) bond motifs is 1. The van der Waals surface area contributed by atoms with Gasteiger partial charge in [0.15, 0.2) is 0 Å². The topological polar surface area (TPSA) is 34.5 Å². The summed E-state index contributed by atoms with van der Waals surface area (Å²) in [7, 11) is 2.10. The van der Waals surface area contributed by atoms with Crippen molar-refractivity contribution in [2.75, 3.05) is 20.1 Å². The van der Waals surface area contributed by atoms with E-state index < -0.39 is 0 Å². The van der Waals surface area contributed by atoms with E-state index in [4.69, 9.17) is 4.74 Å². The predicted octanol–water partition coefficient (Wildman–Crippen LogP) is 3.88. The van der Waals surface area contributed by atoms with E-state index >= 15 is 0 Å². The van der Waals surface area contributed by atoms with E-state index in [2.05, 4.69) is 11.9 Å². The summed E-state index contributed by atoms with van der Waals surface area (Å²) in [5.41, 5.74) is 2.58. The lowest BCUT2D eigenvalue weighted by Gasteiger charge is -2.28. The second-order valence-corrected chi connectivity index (χ2v) is 6.67. The number of likely N-dealkylation sites (tertiary alicyclic amines) is 1. The van der Waals surface area contributed by atoms with Gasteiger partial charge in [0.25, 0.3) is 0 Å². The van der Waals surface area contributed by atoms with Crippen LogP contribution in [0.4, 0.5) is 0 Å². The van der Waals surface area contributed by atoms with Gasteiger partial charge in [-0.2, -0.15) is 0 Å². The Hall–Kier alpha value is -2.59. The number of piperidine rings is 1. The Morgan fingerprint density at radius 2 is 1.68 bits per heavy atom. The van der Waals surface area contributed by atoms with Crippen molar-refractivity contribution in [3.8, 4) is 5.69 Å². The Kier molecular flexibility index (Phi) is 4.28. The monoisotopic (exact) mass is 334 g/mol. The molecule has 1 aliphatic rings. The van der Waals surface area contributed by atoms with Gasteiger partial charge in [-0.3, -0.25) is 0 Å². The van der Waals surface area contributed by atoms with Crippen LogP contribution >= 0.6 is 0 Å². The average molecular weight is 334 g/mol. The van der Waals surface area contributed by atoms with Gasteiger partial charge in [-0.25, -0.2) is 4.79 Å². The zero-order valence-electron chi connectivity index (χ0n) is 14.4. The van der Waals surface area contributed by atoms with E-state index in [1.807, 2.05) is 65.2 Å². The molecule has 0 aliphatic carbocycles. The van der Waals surface area contributed by atoms with Gasteiger partial charge in [-0.05, 0) is 44.2 Å². The minimum atomic E-state index is -0.241. The van der Waals surface area contributed by atoms with Gasteiger partial charge in [-0.1, -0.05) is 36.4 Å². The molecule has 2 heterocycles. The summed E-state index contributed by atoms with van der Waals surface area (Å²) < 4.78 is 7.82. The zero-order valence-corrected chi connectivity index (χ0v) is 14.4. The summed E-state index contributed by atoms with van der Waals surface area (Å²) in [6, 6.07) is 19.9. The summed E-state index contributed by atoms with van der Waals surface area (Å²) >= 11 is 0. The molecule has 1 fully saturated rings. The summed E-state index contributed by atoms with van der Waals surface area (Å²) in [5, 5.41) is 1.04. The standard InChI is InChI=1S/C21H22N2O2/c1-22-13-11-18(12-14-22)25-21(24)20-15-16-7-5-6-10-19(16)23(20)17-8-3-2-4-9-17/h2-10,15,18H,11-14H2,1H3. The number of para-hydroxylation sites is 2. The molecule has 0 radical (unpaired) electrons. The first-order chi connectivity index (χ1) is 12.2. The van der Waals surface area contributed by atoms with Gasteiger partial charge in [0, 0.05) is 24.2 Å². The van der Waals surface area contributed by atoms with Crippen LogP contribution in [-0.2, 0) is 4.74 Å². The fourth-order valence-electron chi connectivity index (χ4n) is 3.47. The Morgan fingerprint density at radius 3 is 2.44 bits per heavy atom. The van der Waals surface area contributed by atoms with Crippen LogP contribution in [0, 0.1) is 0 Å². The third kappa shape index (κ3) is 3.17. The van der Waals surface area contributed by atoms with Crippen molar-refractivity contribution in [3.63, 3.8) is 0 Å². The van der Waals surface area contributed by atoms with E-state index in [1.165, 1.54) is 0 Å². The third-order valence-corrected chi connectivity index (χ3v) is 4.87. The molecule has 3 aromatic rings. The number of hydrogen-bond acceptors (Lipinski definition) is 3. The number of aromatic nitrogens is 1. The summed E-state index contributed by atoms with van der Waals surface area (Å²) in [4.78, 5) is 15.2. The van der Waals surface area contributed by atoms with Gasteiger partial charge >= 0.3 is 5.97 Å². The van der Waals surface area contributed by atoms with Crippen molar-refractivity contribution in [1.29, 1.82) is 0 Å². The van der Waals surface area contributed by atoms with Crippen molar-refractivity contribution in [3.05, 3.63) is 66.4 Å². The fraction of sp³-hybridized carbons (Fsp3) is 0.286. The lowest BCUT2D eigenvalue weighted by molar-refractivity contribution is 0.0131. The number of esters is 1. The minimum Gasteiger partial charge on any atom is -0.458 e. The highest BCUT2D eigenvalue weighted by molar-refractivity contribution is 5.97. The molecule has 0 N–H and O–H groups in total. The van der Waals surface area contributed by atoms with Crippen molar-refractivity contribution < 1.29 is 9.53 Å². The number of hydrogen-bond donors (Lipinski definition) is 0. The molecule has 2 aromatic carbocycles. The van der Waals surface area contributed by atoms with Crippen LogP contribution in [0.3, 0.4) is 0 Å². The molecule has 0 unspecified atom stereocenters. The molecule has 128 valence electrons. The second-order valence-electron chi connectivity index (χ2n) is 6.67. The van der Waals surface area contributed by atoms with Gasteiger partial charge < -0.3 is 14.2 Å². The first-order valence-electron chi connectivity index (χ1n) is 8.78. The van der Waals surface area contributed by atoms with E-state index in [0.29, 0.717) is 5.69 Å². The molecule has 0 amide bonds. The Bertz CT molecular complexity index is 877. The van der Waals surface area contributed by atoms with Crippen LogP contribution in [0.1, 0.15) is 23.3 Å². The Labute approximate surface area is 147 Å². The number of benzene rings is 2. The Morgan fingerprint density at radius 1 is 1.00 bits per heavy atom. The number of carbonyl (C=O) groups excluding carboxylic acids is 1. The molecular formula is C21H22N2O2. The highest BCUT2D eigenvalue weighted by Gasteiger charge is 2.24. The highest BCUT2D eigenvalue weighted by atomic mass is 16.5. The maximum absolute atomic E-state index is 12.9. The largest absolute Gasteiger partial charge is 0.458 e. The van der Waals surface area contributed by atoms with Crippen molar-refractivity contribution in [1.82, 2.24) is 9.47 Å². The smallest absolute Gasteiger partial charge is 0.355 e. The van der Waals surface area contributed by atoms with E-state index in [0.717, 1.165) is 42.5 Å². The molecule has 0 bridgehead atoms. The van der Waals surface area contributed by atoms with Gasteiger partial charge in [0.2, 0.25) is 0 Å². The predicted molar refractivity (Wildman–Crippen MR) is 99.2 cm³/mol. The number of carbonyl (C=O) groups is 1. The zero-order chi connectivity index (χ0) is 17.2. The fourth-order valence-corrected chi connectivity index (χ4v) is 3.47. The SMILES string of the molecule is CN1CCC(OC(=O)c2cc3ccccc3n2-c2ccccc2)CC1. The Balaban J connectivity index is 1.70. The molecule has 4 rings (SSSR count). The van der Waals surface area contributed by atoms with Crippen molar-refractivity contribution in [2.24, 2.45) is 0 Å². The second kappa shape index (κ2) is 6.73. The number of rotatable bonds is 3. The van der Waals surface area contributed by atoms with Crippen molar-refractivity contribution >= 4 is 16.9 Å². The third-order valence-electron chi connectivity index (χ3n) is 4.87. The maximum atomic E-state index is 12.9. The first-order valence-corrected chi connectivity index (χ1v) is 8.78. The number of ether oxygens (including phenoxy) is 1. The molecule has 0 spiro atoms. The van der Waals surface area contributed by atoms with E-state index in [1.54, 1.807) is 0 Å². The van der Waals surface area contributed by atoms with Crippen LogP contribution in [0.5, 0.6) is 0 Å². The lowest BCUT2D eigenvalue weighted by atomic mass is 10.1. The molecular weight excluding hydrogens is 312 g/mol. The van der Waals surface area contributed by atoms with Gasteiger partial charge in [-0.15, -0.1) is 0 Å². The molecule has 4 nitrogen and oxygen atoms in total. The quantitative estimate of drug-likeness (QED) is 0.682. The molecule has 25 heavy (non-hydrogen) atoms. The average Bonchev–Trinajstić information content (AvgIpc) is 3.04. The van der Waals surface area contributed by atoms with Crippen molar-refractivity contribution in [2.45, 2.75) is 18.9 Å². The maximum Gasteiger partial charge on any atom is 0.355 e. The summed E-state index contributed by atoms with van der Waals surface area (Å²) in [5.74, 6) is -0.241. The molecule has 1 aliphatic heterocycles. The van der Waals surface area contributed by atoms with Crippen LogP contribution in [0.15, 0.2) is 60.7 Å². The minimum absolute atomic E-state index is 0.00550. The summed E-state index contributed by atoms with van der Waals surface area (Å²) in [6.07, 6.45) is 1.80. The van der Waals surface area contributed by atoms with E-state index in [-0.39, 0.29) is 12.1 Å². The molecule has 0 atom stereocenters. The van der Waals surface area contributed by atoms with Gasteiger partial charge in [0.05, 0.1) is 5.52 Å². The summed E-state index contributed by atoms with van der Waals surface area (Å²) in [6.45, 7) is 1.94. The highest BCUT2D eigenvalue weighted by Crippen LogP contribution is 2.26. The van der Waals surface area contributed by atoms with E-state index in [9.17, 15) is 4.79 Å². The lowest BCUT2D eigenvalue weighted by Crippen LogP contribution is -2.35.